The minimum Gasteiger partial charge on any atom is -0.399 e. The Kier molecular flexibility index (Phi) is 4.26. The first-order chi connectivity index (χ1) is 9.47. The van der Waals surface area contributed by atoms with Gasteiger partial charge in [0, 0.05) is 18.0 Å². The summed E-state index contributed by atoms with van der Waals surface area (Å²) >= 11 is 11.9. The first kappa shape index (κ1) is 14.4. The number of anilines is 2. The third-order valence-electron chi connectivity index (χ3n) is 2.44. The van der Waals surface area contributed by atoms with E-state index in [1.54, 1.807) is 0 Å². The highest BCUT2D eigenvalue weighted by Gasteiger charge is 2.11. The maximum absolute atomic E-state index is 11.9. The highest BCUT2D eigenvalue weighted by Crippen LogP contribution is 2.32. The number of halogens is 2. The molecular weight excluding hydrogens is 303 g/mol. The van der Waals surface area contributed by atoms with E-state index in [0.717, 1.165) is 4.57 Å². The van der Waals surface area contributed by atoms with Crippen LogP contribution >= 0.6 is 23.2 Å². The fourth-order valence-corrected chi connectivity index (χ4v) is 2.14. The summed E-state index contributed by atoms with van der Waals surface area (Å²) in [5, 5.41) is 2.98. The second-order valence-electron chi connectivity index (χ2n) is 3.95. The lowest BCUT2D eigenvalue weighted by Gasteiger charge is -2.10. The van der Waals surface area contributed by atoms with Gasteiger partial charge < -0.3 is 11.1 Å². The SMILES string of the molecule is Nc1cc(Cl)c(NC(=O)Cn2cnccc2=O)c(Cl)c1. The topological polar surface area (TPSA) is 90.0 Å². The Hall–Kier alpha value is -2.05. The summed E-state index contributed by atoms with van der Waals surface area (Å²) in [6, 6.07) is 4.20. The van der Waals surface area contributed by atoms with Gasteiger partial charge in [0.05, 0.1) is 22.1 Å². The van der Waals surface area contributed by atoms with E-state index < -0.39 is 5.91 Å². The molecule has 0 saturated carbocycles. The summed E-state index contributed by atoms with van der Waals surface area (Å²) in [6.07, 6.45) is 2.62. The molecule has 0 aliphatic rings. The zero-order valence-electron chi connectivity index (χ0n) is 10.1. The average Bonchev–Trinajstić information content (AvgIpc) is 2.36. The number of carbonyl (C=O) groups is 1. The van der Waals surface area contributed by atoms with Crippen molar-refractivity contribution in [1.82, 2.24) is 9.55 Å². The molecule has 0 bridgehead atoms. The highest BCUT2D eigenvalue weighted by atomic mass is 35.5. The zero-order valence-corrected chi connectivity index (χ0v) is 11.6. The maximum Gasteiger partial charge on any atom is 0.253 e. The van der Waals surface area contributed by atoms with Gasteiger partial charge in [0.15, 0.2) is 0 Å². The number of nitrogens with two attached hydrogens (primary N) is 1. The van der Waals surface area contributed by atoms with Crippen LogP contribution < -0.4 is 16.6 Å². The van der Waals surface area contributed by atoms with E-state index in [0.29, 0.717) is 5.69 Å². The normalized spacial score (nSPS) is 10.3. The lowest BCUT2D eigenvalue weighted by atomic mass is 10.3. The zero-order chi connectivity index (χ0) is 14.7. The minimum absolute atomic E-state index is 0.191. The van der Waals surface area contributed by atoms with E-state index in [9.17, 15) is 9.59 Å². The molecule has 0 atom stereocenters. The number of hydrogen-bond acceptors (Lipinski definition) is 4. The highest BCUT2D eigenvalue weighted by molar-refractivity contribution is 6.40. The quantitative estimate of drug-likeness (QED) is 0.845. The van der Waals surface area contributed by atoms with E-state index in [1.807, 2.05) is 0 Å². The molecule has 0 radical (unpaired) electrons. The van der Waals surface area contributed by atoms with Crippen molar-refractivity contribution < 1.29 is 4.79 Å². The Bertz CT molecular complexity index is 692. The molecular formula is C12H10Cl2N4O2. The summed E-state index contributed by atoms with van der Waals surface area (Å²) < 4.78 is 1.16. The van der Waals surface area contributed by atoms with Crippen LogP contribution in [0.5, 0.6) is 0 Å². The Morgan fingerprint density at radius 2 is 2.00 bits per heavy atom. The molecule has 8 heteroatoms. The van der Waals surface area contributed by atoms with Crippen LogP contribution in [-0.2, 0) is 11.3 Å². The van der Waals surface area contributed by atoms with Crippen molar-refractivity contribution >= 4 is 40.5 Å². The monoisotopic (exact) mass is 312 g/mol. The largest absolute Gasteiger partial charge is 0.399 e. The van der Waals surface area contributed by atoms with Crippen LogP contribution in [0.15, 0.2) is 35.5 Å². The van der Waals surface area contributed by atoms with E-state index in [1.165, 1.54) is 30.7 Å². The third kappa shape index (κ3) is 3.28. The number of nitrogens with one attached hydrogen (secondary N) is 1. The van der Waals surface area contributed by atoms with Gasteiger partial charge >= 0.3 is 0 Å². The third-order valence-corrected chi connectivity index (χ3v) is 3.03. The molecule has 3 N–H and O–H groups in total. The van der Waals surface area contributed by atoms with Gasteiger partial charge in [-0.3, -0.25) is 14.2 Å². The van der Waals surface area contributed by atoms with E-state index in [-0.39, 0.29) is 27.8 Å². The number of amides is 1. The fourth-order valence-electron chi connectivity index (χ4n) is 1.54. The first-order valence-electron chi connectivity index (χ1n) is 5.52. The maximum atomic E-state index is 11.9. The van der Waals surface area contributed by atoms with Gasteiger partial charge in [-0.05, 0) is 12.1 Å². The van der Waals surface area contributed by atoms with Crippen molar-refractivity contribution in [3.05, 3.63) is 51.1 Å². The summed E-state index contributed by atoms with van der Waals surface area (Å²) in [4.78, 5) is 27.1. The van der Waals surface area contributed by atoms with Crippen molar-refractivity contribution in [2.75, 3.05) is 11.1 Å². The van der Waals surface area contributed by atoms with E-state index >= 15 is 0 Å². The molecule has 0 unspecified atom stereocenters. The molecule has 0 fully saturated rings. The molecule has 0 saturated heterocycles. The van der Waals surface area contributed by atoms with Crippen LogP contribution in [0, 0.1) is 0 Å². The predicted molar refractivity (Wildman–Crippen MR) is 78.0 cm³/mol. The predicted octanol–water partition coefficient (Wildman–Crippen LogP) is 1.77. The van der Waals surface area contributed by atoms with Gasteiger partial charge in [-0.25, -0.2) is 4.98 Å². The fraction of sp³-hybridized carbons (Fsp3) is 0.0833. The van der Waals surface area contributed by atoms with Gasteiger partial charge in [0.25, 0.3) is 5.56 Å². The molecule has 6 nitrogen and oxygen atoms in total. The van der Waals surface area contributed by atoms with E-state index in [4.69, 9.17) is 28.9 Å². The van der Waals surface area contributed by atoms with Gasteiger partial charge in [-0.1, -0.05) is 23.2 Å². The summed E-state index contributed by atoms with van der Waals surface area (Å²) in [6.45, 7) is -0.191. The van der Waals surface area contributed by atoms with Gasteiger partial charge in [0.2, 0.25) is 5.91 Å². The summed E-state index contributed by atoms with van der Waals surface area (Å²) in [5.41, 5.74) is 5.88. The number of aromatic nitrogens is 2. The number of carbonyl (C=O) groups excluding carboxylic acids is 1. The second-order valence-corrected chi connectivity index (χ2v) is 4.77. The van der Waals surface area contributed by atoms with E-state index in [2.05, 4.69) is 10.3 Å². The molecule has 0 aliphatic carbocycles. The van der Waals surface area contributed by atoms with Crippen molar-refractivity contribution in [2.24, 2.45) is 0 Å². The van der Waals surface area contributed by atoms with Crippen LogP contribution in [0.3, 0.4) is 0 Å². The van der Waals surface area contributed by atoms with Crippen molar-refractivity contribution in [3.8, 4) is 0 Å². The molecule has 1 aromatic heterocycles. The molecule has 104 valence electrons. The molecule has 1 amide bonds. The Labute approximate surface area is 124 Å². The molecule has 1 aromatic carbocycles. The number of nitrogens with zero attached hydrogens (tertiary/aromatic N) is 2. The van der Waals surface area contributed by atoms with Crippen molar-refractivity contribution in [2.45, 2.75) is 6.54 Å². The van der Waals surface area contributed by atoms with Crippen LogP contribution in [0.25, 0.3) is 0 Å². The Morgan fingerprint density at radius 1 is 1.35 bits per heavy atom. The van der Waals surface area contributed by atoms with Crippen molar-refractivity contribution in [3.63, 3.8) is 0 Å². The van der Waals surface area contributed by atoms with Gasteiger partial charge in [-0.15, -0.1) is 0 Å². The number of rotatable bonds is 3. The van der Waals surface area contributed by atoms with Gasteiger partial charge in [0.1, 0.15) is 6.54 Å². The van der Waals surface area contributed by atoms with Crippen LogP contribution in [-0.4, -0.2) is 15.5 Å². The van der Waals surface area contributed by atoms with Gasteiger partial charge in [-0.2, -0.15) is 0 Å². The van der Waals surface area contributed by atoms with Crippen LogP contribution in [0.4, 0.5) is 11.4 Å². The lowest BCUT2D eigenvalue weighted by molar-refractivity contribution is -0.116. The summed E-state index contributed by atoms with van der Waals surface area (Å²) in [5.74, 6) is -0.450. The second kappa shape index (κ2) is 5.94. The first-order valence-corrected chi connectivity index (χ1v) is 6.28. The average molecular weight is 313 g/mol. The minimum atomic E-state index is -0.450. The molecule has 2 aromatic rings. The number of benzene rings is 1. The molecule has 2 rings (SSSR count). The standard InChI is InChI=1S/C12H10Cl2N4O2/c13-8-3-7(15)4-9(14)12(8)17-10(19)5-18-6-16-2-1-11(18)20/h1-4,6H,5,15H2,(H,17,19). The molecule has 20 heavy (non-hydrogen) atoms. The Morgan fingerprint density at radius 3 is 2.60 bits per heavy atom. The molecule has 1 heterocycles. The van der Waals surface area contributed by atoms with Crippen molar-refractivity contribution in [1.29, 1.82) is 0 Å². The number of nitrogen functional groups attached to an aromatic ring is 1. The molecule has 0 spiro atoms. The lowest BCUT2D eigenvalue weighted by Crippen LogP contribution is -2.27. The Balaban J connectivity index is 2.17. The van der Waals surface area contributed by atoms with Crippen LogP contribution in [0.1, 0.15) is 0 Å². The summed E-state index contributed by atoms with van der Waals surface area (Å²) in [7, 11) is 0. The van der Waals surface area contributed by atoms with Crippen LogP contribution in [0.2, 0.25) is 10.0 Å². The number of hydrogen-bond donors (Lipinski definition) is 2. The molecule has 0 aliphatic heterocycles. The smallest absolute Gasteiger partial charge is 0.253 e.